The van der Waals surface area contributed by atoms with Gasteiger partial charge in [0, 0.05) is 6.54 Å². The van der Waals surface area contributed by atoms with Crippen molar-refractivity contribution in [1.29, 1.82) is 0 Å². The van der Waals surface area contributed by atoms with E-state index >= 15 is 0 Å². The maximum Gasteiger partial charge on any atom is 0.264 e. The number of hydrogen-bond acceptors (Lipinski definition) is 3. The third-order valence-electron chi connectivity index (χ3n) is 2.36. The summed E-state index contributed by atoms with van der Waals surface area (Å²) in [5, 5.41) is 1.93. The normalized spacial score (nSPS) is 22.4. The van der Waals surface area contributed by atoms with Crippen molar-refractivity contribution in [2.45, 2.75) is 13.0 Å². The third-order valence-corrected chi connectivity index (χ3v) is 3.22. The molecule has 76 valence electrons. The number of rotatable bonds is 1. The molecule has 1 aliphatic rings. The lowest BCUT2D eigenvalue weighted by molar-refractivity contribution is 0.00387. The smallest absolute Gasteiger partial charge is 0.264 e. The first kappa shape index (κ1) is 9.68. The highest BCUT2D eigenvalue weighted by Crippen LogP contribution is 2.15. The fraction of sp³-hybridized carbons (Fsp3) is 0.500. The molecule has 0 unspecified atom stereocenters. The Hall–Kier alpha value is -0.870. The molecule has 0 bridgehead atoms. The van der Waals surface area contributed by atoms with E-state index < -0.39 is 0 Å². The summed E-state index contributed by atoms with van der Waals surface area (Å²) < 4.78 is 5.29. The third kappa shape index (κ3) is 1.81. The first-order chi connectivity index (χ1) is 6.79. The molecule has 2 heterocycles. The molecule has 1 aromatic rings. The number of nitrogens with zero attached hydrogens (tertiary/aromatic N) is 1. The molecule has 1 atom stereocenters. The van der Waals surface area contributed by atoms with Crippen LogP contribution in [-0.2, 0) is 4.74 Å². The highest BCUT2D eigenvalue weighted by atomic mass is 32.1. The molecule has 2 rings (SSSR count). The Morgan fingerprint density at radius 1 is 1.71 bits per heavy atom. The number of hydrogen-bond donors (Lipinski definition) is 0. The van der Waals surface area contributed by atoms with E-state index in [-0.39, 0.29) is 11.9 Å². The summed E-state index contributed by atoms with van der Waals surface area (Å²) in [5.74, 6) is 0.135. The molecule has 1 aliphatic heterocycles. The van der Waals surface area contributed by atoms with Crippen molar-refractivity contribution < 1.29 is 9.53 Å². The summed E-state index contributed by atoms with van der Waals surface area (Å²) in [6.07, 6.45) is 0. The van der Waals surface area contributed by atoms with Crippen molar-refractivity contribution >= 4 is 17.2 Å². The van der Waals surface area contributed by atoms with Gasteiger partial charge in [0.1, 0.15) is 0 Å². The zero-order valence-corrected chi connectivity index (χ0v) is 8.92. The molecule has 0 N–H and O–H groups in total. The number of carbonyl (C=O) groups excluding carboxylic acids is 1. The molecular formula is C10H13NO2S. The number of thiophene rings is 1. The van der Waals surface area contributed by atoms with Crippen LogP contribution in [0.2, 0.25) is 0 Å². The van der Waals surface area contributed by atoms with Crippen LogP contribution in [0.15, 0.2) is 17.5 Å². The van der Waals surface area contributed by atoms with E-state index in [1.165, 1.54) is 11.3 Å². The summed E-state index contributed by atoms with van der Waals surface area (Å²) in [4.78, 5) is 14.7. The minimum atomic E-state index is 0.135. The van der Waals surface area contributed by atoms with Crippen molar-refractivity contribution in [3.63, 3.8) is 0 Å². The Morgan fingerprint density at radius 3 is 3.21 bits per heavy atom. The second-order valence-corrected chi connectivity index (χ2v) is 4.35. The van der Waals surface area contributed by atoms with Crippen molar-refractivity contribution in [1.82, 2.24) is 4.90 Å². The molecule has 0 radical (unpaired) electrons. The van der Waals surface area contributed by atoms with Gasteiger partial charge in [0.15, 0.2) is 0 Å². The maximum absolute atomic E-state index is 12.0. The first-order valence-electron chi connectivity index (χ1n) is 4.71. The van der Waals surface area contributed by atoms with Gasteiger partial charge in [0.05, 0.1) is 24.1 Å². The lowest BCUT2D eigenvalue weighted by Gasteiger charge is -2.32. The van der Waals surface area contributed by atoms with Crippen LogP contribution in [0, 0.1) is 0 Å². The van der Waals surface area contributed by atoms with E-state index in [9.17, 15) is 4.79 Å². The van der Waals surface area contributed by atoms with Crippen LogP contribution in [0.4, 0.5) is 0 Å². The summed E-state index contributed by atoms with van der Waals surface area (Å²) >= 11 is 1.49. The van der Waals surface area contributed by atoms with Crippen LogP contribution >= 0.6 is 11.3 Å². The summed E-state index contributed by atoms with van der Waals surface area (Å²) in [6.45, 7) is 4.03. The second kappa shape index (κ2) is 4.11. The Kier molecular flexibility index (Phi) is 2.84. The highest BCUT2D eigenvalue weighted by Gasteiger charge is 2.24. The van der Waals surface area contributed by atoms with Gasteiger partial charge in [-0.05, 0) is 18.4 Å². The molecule has 0 spiro atoms. The Bertz CT molecular complexity index is 310. The van der Waals surface area contributed by atoms with Gasteiger partial charge in [0.25, 0.3) is 5.91 Å². The largest absolute Gasteiger partial charge is 0.377 e. The predicted octanol–water partition coefficient (Wildman–Crippen LogP) is 1.61. The van der Waals surface area contributed by atoms with Gasteiger partial charge in [-0.25, -0.2) is 0 Å². The molecule has 0 aliphatic carbocycles. The van der Waals surface area contributed by atoms with Gasteiger partial charge in [0.2, 0.25) is 0 Å². The van der Waals surface area contributed by atoms with Crippen molar-refractivity contribution in [2.75, 3.05) is 19.8 Å². The van der Waals surface area contributed by atoms with Crippen LogP contribution in [0.5, 0.6) is 0 Å². The second-order valence-electron chi connectivity index (χ2n) is 3.40. The van der Waals surface area contributed by atoms with Gasteiger partial charge in [-0.15, -0.1) is 11.3 Å². The van der Waals surface area contributed by atoms with E-state index in [0.29, 0.717) is 19.8 Å². The molecule has 0 aromatic carbocycles. The van der Waals surface area contributed by atoms with Crippen LogP contribution in [0.1, 0.15) is 16.6 Å². The maximum atomic E-state index is 12.0. The fourth-order valence-corrected chi connectivity index (χ4v) is 2.25. The number of ether oxygens (including phenoxy) is 1. The topological polar surface area (TPSA) is 29.5 Å². The van der Waals surface area contributed by atoms with E-state index in [1.807, 2.05) is 29.3 Å². The summed E-state index contributed by atoms with van der Waals surface area (Å²) in [6, 6.07) is 3.97. The van der Waals surface area contributed by atoms with E-state index in [2.05, 4.69) is 0 Å². The van der Waals surface area contributed by atoms with Gasteiger partial charge in [-0.2, -0.15) is 0 Å². The van der Waals surface area contributed by atoms with Crippen LogP contribution in [-0.4, -0.2) is 36.6 Å². The Labute approximate surface area is 87.3 Å². The zero-order chi connectivity index (χ0) is 9.97. The molecule has 1 aromatic heterocycles. The van der Waals surface area contributed by atoms with Gasteiger partial charge >= 0.3 is 0 Å². The van der Waals surface area contributed by atoms with Crippen molar-refractivity contribution in [3.8, 4) is 0 Å². The van der Waals surface area contributed by atoms with E-state index in [4.69, 9.17) is 4.74 Å². The monoisotopic (exact) mass is 211 g/mol. The zero-order valence-electron chi connectivity index (χ0n) is 8.10. The van der Waals surface area contributed by atoms with E-state index in [0.717, 1.165) is 4.88 Å². The molecule has 4 heteroatoms. The number of amides is 1. The van der Waals surface area contributed by atoms with E-state index in [1.54, 1.807) is 0 Å². The predicted molar refractivity (Wildman–Crippen MR) is 55.6 cm³/mol. The molecule has 1 fully saturated rings. The molecule has 1 amide bonds. The SMILES string of the molecule is C[C@@H]1COCCN1C(=O)c1cccs1. The van der Waals surface area contributed by atoms with Crippen molar-refractivity contribution in [2.24, 2.45) is 0 Å². The van der Waals surface area contributed by atoms with Crippen LogP contribution < -0.4 is 0 Å². The molecule has 1 saturated heterocycles. The average molecular weight is 211 g/mol. The number of carbonyl (C=O) groups is 1. The van der Waals surface area contributed by atoms with Gasteiger partial charge in [-0.3, -0.25) is 4.79 Å². The quantitative estimate of drug-likeness (QED) is 0.706. The lowest BCUT2D eigenvalue weighted by atomic mass is 10.2. The first-order valence-corrected chi connectivity index (χ1v) is 5.59. The fourth-order valence-electron chi connectivity index (χ4n) is 1.57. The minimum absolute atomic E-state index is 0.135. The lowest BCUT2D eigenvalue weighted by Crippen LogP contribution is -2.46. The van der Waals surface area contributed by atoms with Gasteiger partial charge < -0.3 is 9.64 Å². The Balaban J connectivity index is 2.10. The van der Waals surface area contributed by atoms with Crippen LogP contribution in [0.3, 0.4) is 0 Å². The Morgan fingerprint density at radius 2 is 2.57 bits per heavy atom. The van der Waals surface area contributed by atoms with Crippen LogP contribution in [0.25, 0.3) is 0 Å². The minimum Gasteiger partial charge on any atom is -0.377 e. The molecule has 3 nitrogen and oxygen atoms in total. The number of morpholine rings is 1. The standard InChI is InChI=1S/C10H13NO2S/c1-8-7-13-5-4-11(8)10(12)9-3-2-6-14-9/h2-3,6,8H,4-5,7H2,1H3/t8-/m1/s1. The molecule has 14 heavy (non-hydrogen) atoms. The molecule has 0 saturated carbocycles. The molecular weight excluding hydrogens is 198 g/mol. The van der Waals surface area contributed by atoms with Crippen molar-refractivity contribution in [3.05, 3.63) is 22.4 Å². The summed E-state index contributed by atoms with van der Waals surface area (Å²) in [7, 11) is 0. The van der Waals surface area contributed by atoms with Gasteiger partial charge in [-0.1, -0.05) is 6.07 Å². The highest BCUT2D eigenvalue weighted by molar-refractivity contribution is 7.12. The average Bonchev–Trinajstić information content (AvgIpc) is 2.70. The summed E-state index contributed by atoms with van der Waals surface area (Å²) in [5.41, 5.74) is 0.